The molecule has 21 heavy (non-hydrogen) atoms. The van der Waals surface area contributed by atoms with Gasteiger partial charge in [-0.3, -0.25) is 0 Å². The maximum absolute atomic E-state index is 6.13. The number of hydrogen-bond acceptors (Lipinski definition) is 5. The zero-order valence-corrected chi connectivity index (χ0v) is 14.5. The highest BCUT2D eigenvalue weighted by atomic mass is 35.5. The molecule has 1 aromatic rings. The van der Waals surface area contributed by atoms with Crippen molar-refractivity contribution in [3.05, 3.63) is 22.7 Å². The van der Waals surface area contributed by atoms with Crippen LogP contribution in [0.3, 0.4) is 0 Å². The second-order valence-electron chi connectivity index (χ2n) is 4.46. The van der Waals surface area contributed by atoms with E-state index < -0.39 is 0 Å². The van der Waals surface area contributed by atoms with Crippen LogP contribution in [-0.2, 0) is 11.3 Å². The highest BCUT2D eigenvalue weighted by Gasteiger charge is 2.12. The molecule has 0 spiro atoms. The number of hydrogen-bond donors (Lipinski definition) is 1. The Kier molecular flexibility index (Phi) is 9.67. The van der Waals surface area contributed by atoms with Gasteiger partial charge in [0.05, 0.1) is 20.3 Å². The van der Waals surface area contributed by atoms with Crippen molar-refractivity contribution in [2.45, 2.75) is 13.0 Å². The number of nitrogens with one attached hydrogen (secondary N) is 1. The predicted octanol–water partition coefficient (Wildman–Crippen LogP) is 3.22. The molecule has 1 aromatic carbocycles. The molecular formula is C15H24ClNO3S. The summed E-state index contributed by atoms with van der Waals surface area (Å²) in [4.78, 5) is 0. The van der Waals surface area contributed by atoms with Crippen molar-refractivity contribution in [3.63, 3.8) is 0 Å². The van der Waals surface area contributed by atoms with Crippen molar-refractivity contribution in [2.24, 2.45) is 0 Å². The molecule has 0 atom stereocenters. The number of rotatable bonds is 11. The lowest BCUT2D eigenvalue weighted by atomic mass is 10.2. The first kappa shape index (κ1) is 18.4. The molecule has 0 saturated carbocycles. The van der Waals surface area contributed by atoms with Crippen molar-refractivity contribution < 1.29 is 14.2 Å². The summed E-state index contributed by atoms with van der Waals surface area (Å²) in [7, 11) is 3.31. The van der Waals surface area contributed by atoms with Crippen molar-refractivity contribution in [2.75, 3.05) is 46.0 Å². The summed E-state index contributed by atoms with van der Waals surface area (Å²) in [6.07, 6.45) is 3.09. The second-order valence-corrected chi connectivity index (χ2v) is 5.88. The van der Waals surface area contributed by atoms with E-state index in [0.717, 1.165) is 30.0 Å². The van der Waals surface area contributed by atoms with Gasteiger partial charge in [0.1, 0.15) is 0 Å². The standard InChI is InChI=1S/C15H24ClNO3S/c1-18-7-5-17-11-12-9-13(16)10-14(19-2)15(12)20-6-4-8-21-3/h9-10,17H,4-8,11H2,1-3H3. The van der Waals surface area contributed by atoms with E-state index in [4.69, 9.17) is 25.8 Å². The average Bonchev–Trinajstić information content (AvgIpc) is 2.49. The number of ether oxygens (including phenoxy) is 3. The van der Waals surface area contributed by atoms with Crippen LogP contribution in [0.25, 0.3) is 0 Å². The fourth-order valence-corrected chi connectivity index (χ4v) is 2.48. The van der Waals surface area contributed by atoms with Gasteiger partial charge in [0.15, 0.2) is 11.5 Å². The van der Waals surface area contributed by atoms with Crippen LogP contribution in [0.4, 0.5) is 0 Å². The summed E-state index contributed by atoms with van der Waals surface area (Å²) in [6, 6.07) is 3.69. The van der Waals surface area contributed by atoms with Gasteiger partial charge in [-0.2, -0.15) is 11.8 Å². The lowest BCUT2D eigenvalue weighted by Crippen LogP contribution is -2.19. The van der Waals surface area contributed by atoms with Gasteiger partial charge in [0.2, 0.25) is 0 Å². The second kappa shape index (κ2) is 11.0. The first-order valence-corrected chi connectivity index (χ1v) is 8.68. The Hall–Kier alpha value is -0.620. The van der Waals surface area contributed by atoms with Crippen LogP contribution in [-0.4, -0.2) is 46.0 Å². The van der Waals surface area contributed by atoms with Gasteiger partial charge in [-0.25, -0.2) is 0 Å². The highest BCUT2D eigenvalue weighted by molar-refractivity contribution is 7.98. The number of benzene rings is 1. The fraction of sp³-hybridized carbons (Fsp3) is 0.600. The molecule has 0 aliphatic heterocycles. The molecule has 0 fully saturated rings. The third kappa shape index (κ3) is 6.78. The summed E-state index contributed by atoms with van der Waals surface area (Å²) in [6.45, 7) is 2.78. The molecule has 0 unspecified atom stereocenters. The van der Waals surface area contributed by atoms with Gasteiger partial charge in [0, 0.05) is 36.9 Å². The molecule has 4 nitrogen and oxygen atoms in total. The van der Waals surface area contributed by atoms with Gasteiger partial charge in [-0.1, -0.05) is 11.6 Å². The largest absolute Gasteiger partial charge is 0.493 e. The topological polar surface area (TPSA) is 39.7 Å². The lowest BCUT2D eigenvalue weighted by molar-refractivity contribution is 0.199. The smallest absolute Gasteiger partial charge is 0.165 e. The Bertz CT molecular complexity index is 418. The molecule has 0 aromatic heterocycles. The van der Waals surface area contributed by atoms with E-state index in [1.807, 2.05) is 17.8 Å². The Morgan fingerprint density at radius 2 is 2.05 bits per heavy atom. The Balaban J connectivity index is 2.74. The van der Waals surface area contributed by atoms with E-state index in [1.54, 1.807) is 20.3 Å². The quantitative estimate of drug-likeness (QED) is 0.630. The van der Waals surface area contributed by atoms with E-state index >= 15 is 0 Å². The summed E-state index contributed by atoms with van der Waals surface area (Å²) >= 11 is 7.95. The zero-order chi connectivity index (χ0) is 15.5. The van der Waals surface area contributed by atoms with Crippen molar-refractivity contribution in [3.8, 4) is 11.5 Å². The highest BCUT2D eigenvalue weighted by Crippen LogP contribution is 2.34. The SMILES string of the molecule is COCCNCc1cc(Cl)cc(OC)c1OCCCSC. The molecule has 1 rings (SSSR count). The Labute approximate surface area is 136 Å². The first-order chi connectivity index (χ1) is 10.2. The molecule has 120 valence electrons. The van der Waals surface area contributed by atoms with E-state index in [9.17, 15) is 0 Å². The molecule has 0 heterocycles. The van der Waals surface area contributed by atoms with Gasteiger partial charge < -0.3 is 19.5 Å². The number of thioether (sulfide) groups is 1. The molecule has 0 radical (unpaired) electrons. The van der Waals surface area contributed by atoms with E-state index in [0.29, 0.717) is 30.5 Å². The monoisotopic (exact) mass is 333 g/mol. The number of halogens is 1. The summed E-state index contributed by atoms with van der Waals surface area (Å²) in [5.41, 5.74) is 1.000. The van der Waals surface area contributed by atoms with Gasteiger partial charge in [-0.15, -0.1) is 0 Å². The fourth-order valence-electron chi connectivity index (χ4n) is 1.84. The van der Waals surface area contributed by atoms with Crippen LogP contribution in [0.15, 0.2) is 12.1 Å². The van der Waals surface area contributed by atoms with E-state index in [2.05, 4.69) is 11.6 Å². The van der Waals surface area contributed by atoms with Crippen molar-refractivity contribution in [1.29, 1.82) is 0 Å². The van der Waals surface area contributed by atoms with Gasteiger partial charge >= 0.3 is 0 Å². The summed E-state index contributed by atoms with van der Waals surface area (Å²) < 4.78 is 16.3. The van der Waals surface area contributed by atoms with Crippen molar-refractivity contribution in [1.82, 2.24) is 5.32 Å². The Morgan fingerprint density at radius 3 is 2.71 bits per heavy atom. The zero-order valence-electron chi connectivity index (χ0n) is 12.9. The van der Waals surface area contributed by atoms with E-state index in [-0.39, 0.29) is 0 Å². The van der Waals surface area contributed by atoms with Crippen LogP contribution in [0, 0.1) is 0 Å². The summed E-state index contributed by atoms with van der Waals surface area (Å²) in [5, 5.41) is 3.95. The van der Waals surface area contributed by atoms with E-state index in [1.165, 1.54) is 0 Å². The maximum atomic E-state index is 6.13. The van der Waals surface area contributed by atoms with Crippen LogP contribution in [0.5, 0.6) is 11.5 Å². The van der Waals surface area contributed by atoms with Crippen molar-refractivity contribution >= 4 is 23.4 Å². The number of methoxy groups -OCH3 is 2. The van der Waals surface area contributed by atoms with Crippen LogP contribution < -0.4 is 14.8 Å². The third-order valence-corrected chi connectivity index (χ3v) is 3.77. The van der Waals surface area contributed by atoms with Gasteiger partial charge in [-0.05, 0) is 24.5 Å². The molecular weight excluding hydrogens is 310 g/mol. The normalized spacial score (nSPS) is 10.7. The average molecular weight is 334 g/mol. The molecule has 0 bridgehead atoms. The molecule has 1 N–H and O–H groups in total. The molecule has 0 aliphatic carbocycles. The maximum Gasteiger partial charge on any atom is 0.165 e. The predicted molar refractivity (Wildman–Crippen MR) is 90.1 cm³/mol. The molecule has 0 aliphatic rings. The van der Waals surface area contributed by atoms with Crippen LogP contribution in [0.1, 0.15) is 12.0 Å². The minimum absolute atomic E-state index is 0.645. The molecule has 6 heteroatoms. The van der Waals surface area contributed by atoms with Crippen LogP contribution >= 0.6 is 23.4 Å². The summed E-state index contributed by atoms with van der Waals surface area (Å²) in [5.74, 6) is 2.53. The minimum Gasteiger partial charge on any atom is -0.493 e. The molecule has 0 saturated heterocycles. The lowest BCUT2D eigenvalue weighted by Gasteiger charge is -2.16. The first-order valence-electron chi connectivity index (χ1n) is 6.90. The van der Waals surface area contributed by atoms with Crippen LogP contribution in [0.2, 0.25) is 5.02 Å². The van der Waals surface area contributed by atoms with Gasteiger partial charge in [0.25, 0.3) is 0 Å². The molecule has 0 amide bonds. The Morgan fingerprint density at radius 1 is 1.24 bits per heavy atom. The third-order valence-electron chi connectivity index (χ3n) is 2.85. The minimum atomic E-state index is 0.645.